The first-order valence-electron chi connectivity index (χ1n) is 7.36. The van der Waals surface area contributed by atoms with Gasteiger partial charge < -0.3 is 15.4 Å². The third-order valence-electron chi connectivity index (χ3n) is 3.60. The van der Waals surface area contributed by atoms with Crippen LogP contribution in [-0.2, 0) is 4.74 Å². The van der Waals surface area contributed by atoms with Crippen LogP contribution in [0.5, 0.6) is 0 Å². The number of likely N-dealkylation sites (tertiary alicyclic amines) is 1. The van der Waals surface area contributed by atoms with E-state index in [2.05, 4.69) is 48.2 Å². The van der Waals surface area contributed by atoms with Gasteiger partial charge in [-0.05, 0) is 26.7 Å². The van der Waals surface area contributed by atoms with E-state index in [1.165, 1.54) is 0 Å². The van der Waals surface area contributed by atoms with E-state index in [4.69, 9.17) is 4.74 Å². The van der Waals surface area contributed by atoms with Gasteiger partial charge in [0.15, 0.2) is 5.96 Å². The van der Waals surface area contributed by atoms with E-state index < -0.39 is 0 Å². The average Bonchev–Trinajstić information content (AvgIpc) is 2.72. The summed E-state index contributed by atoms with van der Waals surface area (Å²) in [5, 5.41) is 6.85. The monoisotopic (exact) mass is 398 g/mol. The second-order valence-corrected chi connectivity index (χ2v) is 5.53. The lowest BCUT2D eigenvalue weighted by atomic mass is 10.1. The smallest absolute Gasteiger partial charge is 0.191 e. The highest BCUT2D eigenvalue weighted by Crippen LogP contribution is 2.18. The van der Waals surface area contributed by atoms with Gasteiger partial charge in [-0.3, -0.25) is 9.89 Å². The normalized spacial score (nSPS) is 23.8. The van der Waals surface area contributed by atoms with Crippen molar-refractivity contribution in [2.45, 2.75) is 39.8 Å². The van der Waals surface area contributed by atoms with Crippen LogP contribution in [0.1, 0.15) is 27.7 Å². The zero-order valence-corrected chi connectivity index (χ0v) is 15.8. The van der Waals surface area contributed by atoms with Crippen molar-refractivity contribution < 1.29 is 4.74 Å². The van der Waals surface area contributed by atoms with Crippen molar-refractivity contribution >= 4 is 29.9 Å². The summed E-state index contributed by atoms with van der Waals surface area (Å²) in [6.45, 7) is 13.4. The molecule has 0 amide bonds. The van der Waals surface area contributed by atoms with Crippen molar-refractivity contribution in [1.29, 1.82) is 0 Å². The Morgan fingerprint density at radius 3 is 2.60 bits per heavy atom. The quantitative estimate of drug-likeness (QED) is 0.309. The molecule has 2 N–H and O–H groups in total. The Hall–Kier alpha value is -0.0800. The molecule has 1 heterocycles. The lowest BCUT2D eigenvalue weighted by Crippen LogP contribution is -2.47. The SMILES string of the molecule is CCNC(=NCCOC)NC1CN(C(C)C)CC1C.I. The van der Waals surface area contributed by atoms with Gasteiger partial charge >= 0.3 is 0 Å². The summed E-state index contributed by atoms with van der Waals surface area (Å²) < 4.78 is 5.04. The molecule has 1 aliphatic heterocycles. The van der Waals surface area contributed by atoms with E-state index in [0.29, 0.717) is 31.2 Å². The van der Waals surface area contributed by atoms with Crippen LogP contribution in [-0.4, -0.2) is 62.8 Å². The molecular weight excluding hydrogens is 367 g/mol. The lowest BCUT2D eigenvalue weighted by Gasteiger charge is -2.21. The number of hydrogen-bond donors (Lipinski definition) is 2. The number of methoxy groups -OCH3 is 1. The molecule has 2 atom stereocenters. The fourth-order valence-electron chi connectivity index (χ4n) is 2.36. The van der Waals surface area contributed by atoms with Gasteiger partial charge in [-0.1, -0.05) is 6.92 Å². The van der Waals surface area contributed by atoms with Gasteiger partial charge in [0.2, 0.25) is 0 Å². The topological polar surface area (TPSA) is 48.9 Å². The van der Waals surface area contributed by atoms with Crippen LogP contribution < -0.4 is 10.6 Å². The molecule has 0 aliphatic carbocycles. The molecule has 0 aromatic carbocycles. The number of aliphatic imine (C=N–C) groups is 1. The number of guanidine groups is 1. The molecule has 0 aromatic rings. The second kappa shape index (κ2) is 10.6. The zero-order valence-electron chi connectivity index (χ0n) is 13.5. The maximum Gasteiger partial charge on any atom is 0.191 e. The predicted octanol–water partition coefficient (Wildman–Crippen LogP) is 1.53. The highest BCUT2D eigenvalue weighted by atomic mass is 127. The first kappa shape index (κ1) is 19.9. The van der Waals surface area contributed by atoms with Gasteiger partial charge in [0, 0.05) is 38.8 Å². The summed E-state index contributed by atoms with van der Waals surface area (Å²) in [5.41, 5.74) is 0. The lowest BCUT2D eigenvalue weighted by molar-refractivity contribution is 0.207. The van der Waals surface area contributed by atoms with Crippen LogP contribution in [0.2, 0.25) is 0 Å². The molecule has 0 saturated carbocycles. The molecule has 1 saturated heterocycles. The standard InChI is InChI=1S/C14H30N4O.HI/c1-6-15-14(16-7-8-19-5)17-13-10-18(11(2)3)9-12(13)4;/h11-13H,6-10H2,1-5H3,(H2,15,16,17);1H. The van der Waals surface area contributed by atoms with Crippen molar-refractivity contribution in [1.82, 2.24) is 15.5 Å². The maximum atomic E-state index is 5.04. The number of halogens is 1. The Morgan fingerprint density at radius 1 is 1.40 bits per heavy atom. The Kier molecular flexibility index (Phi) is 10.6. The molecule has 6 heteroatoms. The van der Waals surface area contributed by atoms with E-state index in [0.717, 1.165) is 25.6 Å². The number of ether oxygens (including phenoxy) is 1. The van der Waals surface area contributed by atoms with E-state index in [1.807, 2.05) is 0 Å². The number of rotatable bonds is 6. The summed E-state index contributed by atoms with van der Waals surface area (Å²) in [5.74, 6) is 1.55. The number of nitrogens with zero attached hydrogens (tertiary/aromatic N) is 2. The molecule has 0 bridgehead atoms. The molecule has 1 aliphatic rings. The van der Waals surface area contributed by atoms with Crippen molar-refractivity contribution in [3.63, 3.8) is 0 Å². The van der Waals surface area contributed by atoms with Crippen LogP contribution in [0.4, 0.5) is 0 Å². The predicted molar refractivity (Wildman–Crippen MR) is 96.1 cm³/mol. The van der Waals surface area contributed by atoms with E-state index >= 15 is 0 Å². The molecule has 120 valence electrons. The van der Waals surface area contributed by atoms with Gasteiger partial charge in [-0.15, -0.1) is 24.0 Å². The summed E-state index contributed by atoms with van der Waals surface area (Å²) in [6, 6.07) is 1.09. The van der Waals surface area contributed by atoms with E-state index in [1.54, 1.807) is 7.11 Å². The van der Waals surface area contributed by atoms with Gasteiger partial charge in [-0.25, -0.2) is 0 Å². The largest absolute Gasteiger partial charge is 0.383 e. The number of nitrogens with one attached hydrogen (secondary N) is 2. The van der Waals surface area contributed by atoms with Gasteiger partial charge in [0.05, 0.1) is 13.2 Å². The van der Waals surface area contributed by atoms with E-state index in [9.17, 15) is 0 Å². The highest BCUT2D eigenvalue weighted by Gasteiger charge is 2.31. The fourth-order valence-corrected chi connectivity index (χ4v) is 2.36. The molecule has 0 aromatic heterocycles. The average molecular weight is 398 g/mol. The van der Waals surface area contributed by atoms with Crippen molar-refractivity contribution in [2.24, 2.45) is 10.9 Å². The van der Waals surface area contributed by atoms with Crippen molar-refractivity contribution in [3.8, 4) is 0 Å². The van der Waals surface area contributed by atoms with Crippen molar-refractivity contribution in [3.05, 3.63) is 0 Å². The van der Waals surface area contributed by atoms with E-state index in [-0.39, 0.29) is 24.0 Å². The molecule has 5 nitrogen and oxygen atoms in total. The maximum absolute atomic E-state index is 5.04. The van der Waals surface area contributed by atoms with Crippen LogP contribution in [0.25, 0.3) is 0 Å². The fraction of sp³-hybridized carbons (Fsp3) is 0.929. The van der Waals surface area contributed by atoms with Gasteiger partial charge in [0.1, 0.15) is 0 Å². The summed E-state index contributed by atoms with van der Waals surface area (Å²) in [6.07, 6.45) is 0. The highest BCUT2D eigenvalue weighted by molar-refractivity contribution is 14.0. The first-order valence-corrected chi connectivity index (χ1v) is 7.36. The molecule has 1 rings (SSSR count). The summed E-state index contributed by atoms with van der Waals surface area (Å²) in [4.78, 5) is 7.04. The molecule has 20 heavy (non-hydrogen) atoms. The van der Waals surface area contributed by atoms with Gasteiger partial charge in [-0.2, -0.15) is 0 Å². The minimum atomic E-state index is 0. The van der Waals surface area contributed by atoms with Crippen LogP contribution in [0.3, 0.4) is 0 Å². The molecule has 0 radical (unpaired) electrons. The third-order valence-corrected chi connectivity index (χ3v) is 3.60. The van der Waals surface area contributed by atoms with Crippen LogP contribution in [0, 0.1) is 5.92 Å². The second-order valence-electron chi connectivity index (χ2n) is 5.53. The molecule has 2 unspecified atom stereocenters. The summed E-state index contributed by atoms with van der Waals surface area (Å²) >= 11 is 0. The van der Waals surface area contributed by atoms with Crippen LogP contribution >= 0.6 is 24.0 Å². The molecule has 0 spiro atoms. The molecular formula is C14H31IN4O. The van der Waals surface area contributed by atoms with Gasteiger partial charge in [0.25, 0.3) is 0 Å². The minimum Gasteiger partial charge on any atom is -0.383 e. The first-order chi connectivity index (χ1) is 9.08. The van der Waals surface area contributed by atoms with Crippen molar-refractivity contribution in [2.75, 3.05) is 39.9 Å². The Bertz CT molecular complexity index is 286. The Morgan fingerprint density at radius 2 is 2.10 bits per heavy atom. The molecule has 1 fully saturated rings. The Labute approximate surface area is 140 Å². The van der Waals surface area contributed by atoms with Crippen LogP contribution in [0.15, 0.2) is 4.99 Å². The summed E-state index contributed by atoms with van der Waals surface area (Å²) in [7, 11) is 1.70. The number of hydrogen-bond acceptors (Lipinski definition) is 3. The minimum absolute atomic E-state index is 0. The zero-order chi connectivity index (χ0) is 14.3. The Balaban J connectivity index is 0.00000361. The third kappa shape index (κ3) is 6.58.